The molecule has 0 N–H and O–H groups in total. The maximum Gasteiger partial charge on any atom is 0.248 e. The number of furan rings is 1. The minimum absolute atomic E-state index is 0.114. The van der Waals surface area contributed by atoms with Gasteiger partial charge < -0.3 is 8.94 Å². The molecular formula is C16H18N2O4S. The zero-order valence-electron chi connectivity index (χ0n) is 13.4. The molecule has 2 aromatic heterocycles. The number of hydrogen-bond donors (Lipinski definition) is 0. The van der Waals surface area contributed by atoms with Crippen LogP contribution in [0.25, 0.3) is 11.0 Å². The second-order valence-corrected chi connectivity index (χ2v) is 7.47. The highest BCUT2D eigenvalue weighted by atomic mass is 32.2. The maximum atomic E-state index is 12.8. The highest BCUT2D eigenvalue weighted by molar-refractivity contribution is 7.89. The average Bonchev–Trinajstić information content (AvgIpc) is 3.09. The summed E-state index contributed by atoms with van der Waals surface area (Å²) in [7, 11) is -2.20. The summed E-state index contributed by atoms with van der Waals surface area (Å²) in [6.07, 6.45) is 0. The monoisotopic (exact) mass is 334 g/mol. The Labute approximate surface area is 134 Å². The molecule has 0 saturated heterocycles. The molecule has 2 heterocycles. The largest absolute Gasteiger partial charge is 0.459 e. The highest BCUT2D eigenvalue weighted by Gasteiger charge is 2.33. The van der Waals surface area contributed by atoms with Crippen LogP contribution < -0.4 is 0 Å². The summed E-state index contributed by atoms with van der Waals surface area (Å²) in [5.41, 5.74) is 1.09. The van der Waals surface area contributed by atoms with E-state index >= 15 is 0 Å². The number of sulfonamides is 1. The third-order valence-corrected chi connectivity index (χ3v) is 6.18. The Bertz CT molecular complexity index is 903. The molecule has 0 amide bonds. The fourth-order valence-corrected chi connectivity index (χ4v) is 4.20. The molecule has 3 aromatic rings. The summed E-state index contributed by atoms with van der Waals surface area (Å²) in [6, 6.07) is 8.98. The quantitative estimate of drug-likeness (QED) is 0.730. The highest BCUT2D eigenvalue weighted by Crippen LogP contribution is 2.31. The first-order valence-corrected chi connectivity index (χ1v) is 8.65. The van der Waals surface area contributed by atoms with Crippen LogP contribution in [0.1, 0.15) is 30.2 Å². The first-order chi connectivity index (χ1) is 10.8. The molecule has 0 aliphatic rings. The molecule has 6 nitrogen and oxygen atoms in total. The van der Waals surface area contributed by atoms with Gasteiger partial charge in [0.05, 0.1) is 6.04 Å². The molecule has 0 spiro atoms. The van der Waals surface area contributed by atoms with E-state index in [9.17, 15) is 8.42 Å². The van der Waals surface area contributed by atoms with Gasteiger partial charge in [0.2, 0.25) is 10.0 Å². The average molecular weight is 334 g/mol. The van der Waals surface area contributed by atoms with Crippen LogP contribution in [-0.2, 0) is 10.0 Å². The molecule has 1 aromatic carbocycles. The summed E-state index contributed by atoms with van der Waals surface area (Å²) in [4.78, 5) is 0.114. The molecule has 0 aliphatic carbocycles. The van der Waals surface area contributed by atoms with Crippen molar-refractivity contribution in [3.8, 4) is 0 Å². The molecule has 0 unspecified atom stereocenters. The minimum atomic E-state index is -3.72. The first-order valence-electron chi connectivity index (χ1n) is 7.21. The Balaban J connectivity index is 2.00. The van der Waals surface area contributed by atoms with E-state index in [0.29, 0.717) is 11.5 Å². The van der Waals surface area contributed by atoms with Crippen molar-refractivity contribution < 1.29 is 17.4 Å². The number of nitrogens with zero attached hydrogens (tertiary/aromatic N) is 2. The lowest BCUT2D eigenvalue weighted by molar-refractivity contribution is 0.346. The van der Waals surface area contributed by atoms with Gasteiger partial charge >= 0.3 is 0 Å². The lowest BCUT2D eigenvalue weighted by Crippen LogP contribution is -2.30. The van der Waals surface area contributed by atoms with Gasteiger partial charge in [-0.15, -0.1) is 0 Å². The molecule has 23 heavy (non-hydrogen) atoms. The third-order valence-electron chi connectivity index (χ3n) is 4.01. The Morgan fingerprint density at radius 3 is 2.52 bits per heavy atom. The van der Waals surface area contributed by atoms with E-state index in [-0.39, 0.29) is 10.7 Å². The van der Waals surface area contributed by atoms with Crippen molar-refractivity contribution in [1.29, 1.82) is 0 Å². The van der Waals surface area contributed by atoms with Crippen LogP contribution in [0.4, 0.5) is 0 Å². The summed E-state index contributed by atoms with van der Waals surface area (Å²) < 4.78 is 37.7. The molecule has 122 valence electrons. The number of rotatable bonds is 4. The Morgan fingerprint density at radius 2 is 1.91 bits per heavy atom. The molecule has 0 radical (unpaired) electrons. The van der Waals surface area contributed by atoms with Gasteiger partial charge in [0.25, 0.3) is 0 Å². The van der Waals surface area contributed by atoms with Gasteiger partial charge in [-0.25, -0.2) is 8.42 Å². The van der Waals surface area contributed by atoms with Crippen LogP contribution in [0.3, 0.4) is 0 Å². The molecule has 7 heteroatoms. The molecule has 1 atom stereocenters. The number of aromatic nitrogens is 1. The van der Waals surface area contributed by atoms with Crippen LogP contribution in [0.2, 0.25) is 0 Å². The summed E-state index contributed by atoms with van der Waals surface area (Å²) in [5, 5.41) is 4.67. The fourth-order valence-electron chi connectivity index (χ4n) is 2.58. The van der Waals surface area contributed by atoms with Gasteiger partial charge in [0.1, 0.15) is 21.9 Å². The van der Waals surface area contributed by atoms with E-state index in [1.54, 1.807) is 20.8 Å². The van der Waals surface area contributed by atoms with E-state index in [1.165, 1.54) is 11.4 Å². The number of fused-ring (bicyclic) bond motifs is 1. The van der Waals surface area contributed by atoms with Crippen LogP contribution in [0.5, 0.6) is 0 Å². The molecule has 0 bridgehead atoms. The van der Waals surface area contributed by atoms with Crippen molar-refractivity contribution in [3.05, 3.63) is 47.5 Å². The van der Waals surface area contributed by atoms with Crippen LogP contribution in [0.15, 0.2) is 44.2 Å². The van der Waals surface area contributed by atoms with Crippen molar-refractivity contribution in [2.75, 3.05) is 7.05 Å². The SMILES string of the molecule is Cc1noc(C)c1S(=O)(=O)N(C)[C@@H](C)c1cc2ccccc2o1. The van der Waals surface area contributed by atoms with Crippen molar-refractivity contribution in [3.63, 3.8) is 0 Å². The number of aryl methyl sites for hydroxylation is 2. The molecule has 0 aliphatic heterocycles. The van der Waals surface area contributed by atoms with Gasteiger partial charge in [-0.05, 0) is 32.9 Å². The summed E-state index contributed by atoms with van der Waals surface area (Å²) >= 11 is 0. The predicted octanol–water partition coefficient (Wildman–Crippen LogP) is 3.42. The molecule has 3 rings (SSSR count). The van der Waals surface area contributed by atoms with Gasteiger partial charge in [-0.3, -0.25) is 0 Å². The van der Waals surface area contributed by atoms with E-state index in [2.05, 4.69) is 5.16 Å². The fraction of sp³-hybridized carbons (Fsp3) is 0.312. The van der Waals surface area contributed by atoms with Crippen LogP contribution >= 0.6 is 0 Å². The second kappa shape index (κ2) is 5.50. The normalized spacial score (nSPS) is 13.8. The Kier molecular flexibility index (Phi) is 3.77. The van der Waals surface area contributed by atoms with E-state index in [1.807, 2.05) is 30.3 Å². The lowest BCUT2D eigenvalue weighted by atomic mass is 10.2. The van der Waals surface area contributed by atoms with Crippen molar-refractivity contribution in [1.82, 2.24) is 9.46 Å². The zero-order chi connectivity index (χ0) is 16.8. The van der Waals surface area contributed by atoms with E-state index < -0.39 is 16.1 Å². The number of para-hydroxylation sites is 1. The molecule has 0 saturated carbocycles. The zero-order valence-corrected chi connectivity index (χ0v) is 14.2. The second-order valence-electron chi connectivity index (χ2n) is 5.54. The molecule has 0 fully saturated rings. The smallest absolute Gasteiger partial charge is 0.248 e. The van der Waals surface area contributed by atoms with Gasteiger partial charge in [-0.1, -0.05) is 23.4 Å². The Morgan fingerprint density at radius 1 is 1.22 bits per heavy atom. The van der Waals surface area contributed by atoms with Gasteiger partial charge in [-0.2, -0.15) is 4.31 Å². The van der Waals surface area contributed by atoms with Gasteiger partial charge in [0.15, 0.2) is 5.76 Å². The van der Waals surface area contributed by atoms with Crippen molar-refractivity contribution in [2.24, 2.45) is 0 Å². The van der Waals surface area contributed by atoms with Crippen LogP contribution in [0, 0.1) is 13.8 Å². The standard InChI is InChI=1S/C16H18N2O4S/c1-10-16(12(3)22-17-10)23(19,20)18(4)11(2)15-9-13-7-5-6-8-14(13)21-15/h5-9,11H,1-4H3/t11-/m0/s1. The third kappa shape index (κ3) is 2.55. The topological polar surface area (TPSA) is 76.6 Å². The Hall–Kier alpha value is -2.12. The van der Waals surface area contributed by atoms with Crippen molar-refractivity contribution >= 4 is 21.0 Å². The van der Waals surface area contributed by atoms with E-state index in [4.69, 9.17) is 8.94 Å². The lowest BCUT2D eigenvalue weighted by Gasteiger charge is -2.22. The number of benzene rings is 1. The first kappa shape index (κ1) is 15.8. The van der Waals surface area contributed by atoms with Crippen molar-refractivity contribution in [2.45, 2.75) is 31.7 Å². The van der Waals surface area contributed by atoms with E-state index in [0.717, 1.165) is 11.0 Å². The molecular weight excluding hydrogens is 316 g/mol. The number of hydrogen-bond acceptors (Lipinski definition) is 5. The minimum Gasteiger partial charge on any atom is -0.459 e. The maximum absolute atomic E-state index is 12.8. The van der Waals surface area contributed by atoms with Gasteiger partial charge in [0, 0.05) is 12.4 Å². The van der Waals surface area contributed by atoms with Crippen LogP contribution in [-0.4, -0.2) is 24.9 Å². The summed E-state index contributed by atoms with van der Waals surface area (Å²) in [5.74, 6) is 0.871. The predicted molar refractivity (Wildman–Crippen MR) is 85.6 cm³/mol. The summed E-state index contributed by atoms with van der Waals surface area (Å²) in [6.45, 7) is 4.99.